The summed E-state index contributed by atoms with van der Waals surface area (Å²) in [7, 11) is 0. The molecule has 25 heavy (non-hydrogen) atoms. The lowest BCUT2D eigenvalue weighted by Gasteiger charge is -2.14. The van der Waals surface area contributed by atoms with Crippen molar-refractivity contribution in [2.45, 2.75) is 13.5 Å². The summed E-state index contributed by atoms with van der Waals surface area (Å²) in [6.07, 6.45) is 0. The van der Waals surface area contributed by atoms with E-state index in [1.54, 1.807) is 55.5 Å². The Bertz CT molecular complexity index is 850. The molecule has 3 rings (SSSR count). The number of ether oxygens (including phenoxy) is 1. The summed E-state index contributed by atoms with van der Waals surface area (Å²) < 4.78 is 5.12. The fraction of sp³-hybridized carbons (Fsp3) is 0.150. The number of benzene rings is 2. The zero-order valence-corrected chi connectivity index (χ0v) is 13.8. The second-order valence-corrected chi connectivity index (χ2v) is 5.98. The summed E-state index contributed by atoms with van der Waals surface area (Å²) in [5, 5.41) is 0. The molecule has 0 fully saturated rings. The molecule has 1 heterocycles. The number of imide groups is 1. The Kier molecular flexibility index (Phi) is 4.48. The first-order valence-electron chi connectivity index (χ1n) is 7.83. The highest BCUT2D eigenvalue weighted by Gasteiger charge is 2.34. The smallest absolute Gasteiger partial charge is 0.338 e. The molecule has 0 atom stereocenters. The van der Waals surface area contributed by atoms with Crippen LogP contribution in [0, 0.1) is 0 Å². The summed E-state index contributed by atoms with van der Waals surface area (Å²) in [5.41, 5.74) is 2.61. The highest BCUT2D eigenvalue weighted by molar-refractivity contribution is 6.21. The van der Waals surface area contributed by atoms with Crippen LogP contribution in [-0.2, 0) is 11.3 Å². The molecule has 2 aromatic rings. The lowest BCUT2D eigenvalue weighted by Crippen LogP contribution is -2.29. The molecule has 2 aromatic carbocycles. The minimum absolute atomic E-state index is 0.105. The SMILES string of the molecule is C=C(C)COC(=O)c1cccc(CN2C(=O)c3ccccc3C2=O)c1. The van der Waals surface area contributed by atoms with Crippen molar-refractivity contribution in [3.63, 3.8) is 0 Å². The van der Waals surface area contributed by atoms with Gasteiger partial charge >= 0.3 is 5.97 Å². The van der Waals surface area contributed by atoms with Crippen molar-refractivity contribution in [2.24, 2.45) is 0 Å². The second kappa shape index (κ2) is 6.73. The van der Waals surface area contributed by atoms with Crippen LogP contribution >= 0.6 is 0 Å². The van der Waals surface area contributed by atoms with Crippen molar-refractivity contribution >= 4 is 17.8 Å². The zero-order chi connectivity index (χ0) is 18.0. The average molecular weight is 335 g/mol. The van der Waals surface area contributed by atoms with Crippen molar-refractivity contribution in [3.8, 4) is 0 Å². The number of rotatable bonds is 5. The van der Waals surface area contributed by atoms with E-state index in [0.29, 0.717) is 22.3 Å². The van der Waals surface area contributed by atoms with E-state index >= 15 is 0 Å². The number of nitrogens with zero attached hydrogens (tertiary/aromatic N) is 1. The maximum absolute atomic E-state index is 12.4. The van der Waals surface area contributed by atoms with Gasteiger partial charge in [0.1, 0.15) is 6.61 Å². The molecule has 0 unspecified atom stereocenters. The quantitative estimate of drug-likeness (QED) is 0.478. The Labute approximate surface area is 145 Å². The molecule has 5 nitrogen and oxygen atoms in total. The van der Waals surface area contributed by atoms with Gasteiger partial charge in [0.05, 0.1) is 23.2 Å². The van der Waals surface area contributed by atoms with Crippen LogP contribution in [0.4, 0.5) is 0 Å². The van der Waals surface area contributed by atoms with Crippen LogP contribution in [0.5, 0.6) is 0 Å². The molecule has 0 aromatic heterocycles. The number of amides is 2. The summed E-state index contributed by atoms with van der Waals surface area (Å²) in [5.74, 6) is -1.11. The van der Waals surface area contributed by atoms with Crippen molar-refractivity contribution in [1.29, 1.82) is 0 Å². The molecule has 1 aliphatic rings. The third-order valence-electron chi connectivity index (χ3n) is 3.83. The third-order valence-corrected chi connectivity index (χ3v) is 3.83. The monoisotopic (exact) mass is 335 g/mol. The van der Waals surface area contributed by atoms with Crippen molar-refractivity contribution in [1.82, 2.24) is 4.90 Å². The number of hydrogen-bond acceptors (Lipinski definition) is 4. The molecular weight excluding hydrogens is 318 g/mol. The van der Waals surface area contributed by atoms with E-state index in [0.717, 1.165) is 5.57 Å². The molecule has 0 saturated carbocycles. The first-order valence-corrected chi connectivity index (χ1v) is 7.83. The Balaban J connectivity index is 1.77. The Morgan fingerprint density at radius 1 is 1.04 bits per heavy atom. The fourth-order valence-electron chi connectivity index (χ4n) is 2.63. The minimum atomic E-state index is -0.466. The van der Waals surface area contributed by atoms with E-state index in [9.17, 15) is 14.4 Å². The largest absolute Gasteiger partial charge is 0.458 e. The Morgan fingerprint density at radius 3 is 2.28 bits per heavy atom. The van der Waals surface area contributed by atoms with Gasteiger partial charge in [0.15, 0.2) is 0 Å². The van der Waals surface area contributed by atoms with Gasteiger partial charge in [-0.1, -0.05) is 30.8 Å². The molecule has 0 saturated heterocycles. The topological polar surface area (TPSA) is 63.7 Å². The van der Waals surface area contributed by atoms with E-state index in [1.807, 2.05) is 0 Å². The Hall–Kier alpha value is -3.21. The van der Waals surface area contributed by atoms with Crippen LogP contribution in [0.3, 0.4) is 0 Å². The molecular formula is C20H17NO4. The van der Waals surface area contributed by atoms with Crippen LogP contribution in [0.2, 0.25) is 0 Å². The normalized spacial score (nSPS) is 12.9. The van der Waals surface area contributed by atoms with Crippen LogP contribution < -0.4 is 0 Å². The highest BCUT2D eigenvalue weighted by Crippen LogP contribution is 2.24. The summed E-state index contributed by atoms with van der Waals surface area (Å²) in [6.45, 7) is 5.71. The molecule has 2 amide bonds. The van der Waals surface area contributed by atoms with E-state index in [1.165, 1.54) is 4.90 Å². The second-order valence-electron chi connectivity index (χ2n) is 5.98. The number of esters is 1. The number of carbonyl (C=O) groups excluding carboxylic acids is 3. The number of fused-ring (bicyclic) bond motifs is 1. The van der Waals surface area contributed by atoms with E-state index in [2.05, 4.69) is 6.58 Å². The molecule has 0 radical (unpaired) electrons. The summed E-state index contributed by atoms with van der Waals surface area (Å²) >= 11 is 0. The summed E-state index contributed by atoms with van der Waals surface area (Å²) in [4.78, 5) is 38.0. The maximum Gasteiger partial charge on any atom is 0.338 e. The minimum Gasteiger partial charge on any atom is -0.458 e. The fourth-order valence-corrected chi connectivity index (χ4v) is 2.63. The Morgan fingerprint density at radius 2 is 1.68 bits per heavy atom. The van der Waals surface area contributed by atoms with Gasteiger partial charge in [-0.3, -0.25) is 14.5 Å². The van der Waals surface area contributed by atoms with E-state index < -0.39 is 5.97 Å². The number of carbonyl (C=O) groups is 3. The van der Waals surface area contributed by atoms with Crippen molar-refractivity contribution in [2.75, 3.05) is 6.61 Å². The molecule has 0 aliphatic carbocycles. The predicted molar refractivity (Wildman–Crippen MR) is 92.2 cm³/mol. The molecule has 0 N–H and O–H groups in total. The van der Waals surface area contributed by atoms with Gasteiger partial charge in [-0.05, 0) is 42.3 Å². The van der Waals surface area contributed by atoms with Gasteiger partial charge < -0.3 is 4.74 Å². The molecule has 0 spiro atoms. The zero-order valence-electron chi connectivity index (χ0n) is 13.8. The molecule has 5 heteroatoms. The average Bonchev–Trinajstić information content (AvgIpc) is 2.85. The molecule has 0 bridgehead atoms. The van der Waals surface area contributed by atoms with Crippen LogP contribution in [0.1, 0.15) is 43.6 Å². The highest BCUT2D eigenvalue weighted by atomic mass is 16.5. The van der Waals surface area contributed by atoms with Gasteiger partial charge in [-0.15, -0.1) is 0 Å². The number of hydrogen-bond donors (Lipinski definition) is 0. The third kappa shape index (κ3) is 3.35. The van der Waals surface area contributed by atoms with E-state index in [-0.39, 0.29) is 25.0 Å². The summed E-state index contributed by atoms with van der Waals surface area (Å²) in [6, 6.07) is 13.5. The molecule has 126 valence electrons. The lowest BCUT2D eigenvalue weighted by atomic mass is 10.1. The van der Waals surface area contributed by atoms with Crippen LogP contribution in [-0.4, -0.2) is 29.3 Å². The van der Waals surface area contributed by atoms with E-state index in [4.69, 9.17) is 4.74 Å². The predicted octanol–water partition coefficient (Wildman–Crippen LogP) is 3.22. The van der Waals surface area contributed by atoms with Crippen LogP contribution in [0.15, 0.2) is 60.7 Å². The standard InChI is InChI=1S/C20H17NO4/c1-13(2)12-25-20(24)15-7-5-6-14(10-15)11-21-18(22)16-8-3-4-9-17(16)19(21)23/h3-10H,1,11-12H2,2H3. The van der Waals surface area contributed by atoms with Gasteiger partial charge in [-0.2, -0.15) is 0 Å². The maximum atomic E-state index is 12.4. The first kappa shape index (κ1) is 16.6. The van der Waals surface area contributed by atoms with Crippen LogP contribution in [0.25, 0.3) is 0 Å². The van der Waals surface area contributed by atoms with Gasteiger partial charge in [-0.25, -0.2) is 4.79 Å². The van der Waals surface area contributed by atoms with Gasteiger partial charge in [0, 0.05) is 0 Å². The van der Waals surface area contributed by atoms with Crippen molar-refractivity contribution < 1.29 is 19.1 Å². The lowest BCUT2D eigenvalue weighted by molar-refractivity contribution is 0.0540. The van der Waals surface area contributed by atoms with Gasteiger partial charge in [0.2, 0.25) is 0 Å². The van der Waals surface area contributed by atoms with Crippen molar-refractivity contribution in [3.05, 3.63) is 82.9 Å². The molecule has 1 aliphatic heterocycles. The van der Waals surface area contributed by atoms with Gasteiger partial charge in [0.25, 0.3) is 11.8 Å². The first-order chi connectivity index (χ1) is 12.0.